The Morgan fingerprint density at radius 1 is 0.970 bits per heavy atom. The maximum absolute atomic E-state index is 12.7. The monoisotopic (exact) mass is 445 g/mol. The minimum absolute atomic E-state index is 0.161. The van der Waals surface area contributed by atoms with Crippen molar-refractivity contribution in [1.29, 1.82) is 5.26 Å². The van der Waals surface area contributed by atoms with Crippen LogP contribution in [-0.4, -0.2) is 42.2 Å². The van der Waals surface area contributed by atoms with Crippen molar-refractivity contribution in [2.45, 2.75) is 6.54 Å². The molecule has 4 rings (SSSR count). The average Bonchev–Trinajstić information content (AvgIpc) is 3.07. The van der Waals surface area contributed by atoms with E-state index in [9.17, 15) is 24.4 Å². The lowest BCUT2D eigenvalue weighted by Crippen LogP contribution is -2.33. The van der Waals surface area contributed by atoms with Crippen LogP contribution in [0.3, 0.4) is 0 Å². The number of ketones is 1. The van der Waals surface area contributed by atoms with Gasteiger partial charge in [-0.05, 0) is 24.3 Å². The molecule has 0 radical (unpaired) electrons. The number of carbonyl (C=O) groups is 2. The molecule has 10 nitrogen and oxygen atoms in total. The summed E-state index contributed by atoms with van der Waals surface area (Å²) in [5.41, 5.74) is 0.386. The van der Waals surface area contributed by atoms with Crippen LogP contribution in [0.2, 0.25) is 0 Å². The molecular weight excluding hydrogens is 426 g/mol. The number of ether oxygens (including phenoxy) is 1. The number of nitriles is 1. The van der Waals surface area contributed by atoms with Crippen molar-refractivity contribution in [3.8, 4) is 6.07 Å². The molecule has 33 heavy (non-hydrogen) atoms. The highest BCUT2D eigenvalue weighted by molar-refractivity contribution is 6.03. The Labute approximate surface area is 187 Å². The van der Waals surface area contributed by atoms with E-state index in [1.54, 1.807) is 36.0 Å². The second-order valence-electron chi connectivity index (χ2n) is 7.38. The van der Waals surface area contributed by atoms with Crippen molar-refractivity contribution >= 4 is 33.9 Å². The third-order valence-corrected chi connectivity index (χ3v) is 5.39. The number of para-hydroxylation sites is 2. The lowest BCUT2D eigenvalue weighted by atomic mass is 10.2. The first-order valence-electron chi connectivity index (χ1n) is 9.95. The van der Waals surface area contributed by atoms with E-state index in [0.717, 1.165) is 16.1 Å². The van der Waals surface area contributed by atoms with E-state index in [-0.39, 0.29) is 16.3 Å². The first kappa shape index (κ1) is 21.6. The number of carbonyl (C=O) groups excluding carboxylic acids is 2. The van der Waals surface area contributed by atoms with E-state index < -0.39 is 36.0 Å². The Morgan fingerprint density at radius 3 is 2.15 bits per heavy atom. The first-order valence-corrected chi connectivity index (χ1v) is 9.95. The zero-order valence-electron chi connectivity index (χ0n) is 17.9. The molecule has 0 spiro atoms. The summed E-state index contributed by atoms with van der Waals surface area (Å²) in [6.07, 6.45) is 0. The van der Waals surface area contributed by atoms with Crippen LogP contribution in [-0.2, 0) is 20.9 Å². The third-order valence-electron chi connectivity index (χ3n) is 5.39. The van der Waals surface area contributed by atoms with Gasteiger partial charge in [-0.3, -0.25) is 24.3 Å². The summed E-state index contributed by atoms with van der Waals surface area (Å²) in [5, 5.41) is 12.3. The molecule has 1 aliphatic heterocycles. The molecule has 0 amide bonds. The lowest BCUT2D eigenvalue weighted by Gasteiger charge is -2.19. The number of esters is 1. The molecule has 166 valence electrons. The Bertz CT molecular complexity index is 1450. The quantitative estimate of drug-likeness (QED) is 0.352. The number of rotatable bonds is 5. The van der Waals surface area contributed by atoms with Gasteiger partial charge < -0.3 is 14.5 Å². The molecule has 0 atom stereocenters. The minimum atomic E-state index is -0.907. The van der Waals surface area contributed by atoms with Gasteiger partial charge in [0.15, 0.2) is 6.61 Å². The fourth-order valence-electron chi connectivity index (χ4n) is 3.81. The Morgan fingerprint density at radius 2 is 1.55 bits per heavy atom. The highest BCUT2D eigenvalue weighted by Gasteiger charge is 2.31. The fraction of sp³-hybridized carbons (Fsp3) is 0.174. The molecule has 3 aromatic rings. The molecule has 0 unspecified atom stereocenters. The number of benzene rings is 2. The van der Waals surface area contributed by atoms with Gasteiger partial charge in [0.1, 0.15) is 24.0 Å². The summed E-state index contributed by atoms with van der Waals surface area (Å²) in [4.78, 5) is 53.1. The van der Waals surface area contributed by atoms with E-state index in [1.165, 1.54) is 12.1 Å². The van der Waals surface area contributed by atoms with Crippen LogP contribution in [0.25, 0.3) is 10.8 Å². The number of nitrogens with zero attached hydrogens (tertiary/aromatic N) is 4. The molecule has 2 heterocycles. The summed E-state index contributed by atoms with van der Waals surface area (Å²) in [6, 6.07) is 15.5. The van der Waals surface area contributed by atoms with Crippen molar-refractivity contribution in [2.24, 2.45) is 0 Å². The molecule has 1 aliphatic rings. The molecule has 0 bridgehead atoms. The van der Waals surface area contributed by atoms with Gasteiger partial charge in [0.25, 0.3) is 11.1 Å². The van der Waals surface area contributed by atoms with Gasteiger partial charge in [0.2, 0.25) is 5.78 Å². The van der Waals surface area contributed by atoms with Crippen molar-refractivity contribution in [2.75, 3.05) is 30.5 Å². The maximum atomic E-state index is 12.7. The number of H-pyrrole nitrogens is 1. The van der Waals surface area contributed by atoms with Crippen LogP contribution < -0.4 is 20.9 Å². The van der Waals surface area contributed by atoms with Gasteiger partial charge in [0.05, 0.1) is 22.1 Å². The van der Waals surface area contributed by atoms with Gasteiger partial charge in [-0.1, -0.05) is 24.3 Å². The molecule has 2 aromatic carbocycles. The van der Waals surface area contributed by atoms with Crippen LogP contribution in [0.5, 0.6) is 0 Å². The topological polar surface area (TPSA) is 128 Å². The largest absolute Gasteiger partial charge is 0.456 e. The normalized spacial score (nSPS) is 12.5. The van der Waals surface area contributed by atoms with Gasteiger partial charge in [-0.15, -0.1) is 0 Å². The van der Waals surface area contributed by atoms with Crippen LogP contribution in [0, 0.1) is 11.3 Å². The molecule has 1 aromatic heterocycles. The average molecular weight is 445 g/mol. The number of aromatic nitrogens is 2. The van der Waals surface area contributed by atoms with Crippen molar-refractivity contribution < 1.29 is 14.3 Å². The first-order chi connectivity index (χ1) is 15.8. The van der Waals surface area contributed by atoms with E-state index in [1.807, 2.05) is 30.3 Å². The third kappa shape index (κ3) is 3.76. The highest BCUT2D eigenvalue weighted by Crippen LogP contribution is 2.40. The molecule has 0 fully saturated rings. The highest BCUT2D eigenvalue weighted by atomic mass is 16.5. The van der Waals surface area contributed by atoms with Crippen molar-refractivity contribution in [3.05, 3.63) is 80.6 Å². The summed E-state index contributed by atoms with van der Waals surface area (Å²) >= 11 is 0. The summed E-state index contributed by atoms with van der Waals surface area (Å²) in [7, 11) is 3.47. The molecule has 1 N–H and O–H groups in total. The van der Waals surface area contributed by atoms with Crippen LogP contribution in [0.1, 0.15) is 0 Å². The molecular formula is C23H19N5O5. The zero-order valence-corrected chi connectivity index (χ0v) is 17.9. The van der Waals surface area contributed by atoms with Crippen LogP contribution >= 0.6 is 0 Å². The van der Waals surface area contributed by atoms with Crippen LogP contribution in [0.15, 0.2) is 69.5 Å². The number of fused-ring (bicyclic) bond motifs is 2. The lowest BCUT2D eigenvalue weighted by molar-refractivity contribution is -0.147. The summed E-state index contributed by atoms with van der Waals surface area (Å²) in [6.45, 7) is -1.27. The number of Topliss-reactive ketones (excluding diaryl/α,β-unsaturated/α-hetero) is 1. The molecule has 0 saturated carbocycles. The second kappa shape index (κ2) is 8.47. The van der Waals surface area contributed by atoms with Gasteiger partial charge in [0, 0.05) is 14.1 Å². The maximum Gasteiger partial charge on any atom is 0.328 e. The predicted octanol–water partition coefficient (Wildman–Crippen LogP) is 1.12. The second-order valence-corrected chi connectivity index (χ2v) is 7.38. The summed E-state index contributed by atoms with van der Waals surface area (Å²) < 4.78 is 5.84. The van der Waals surface area contributed by atoms with E-state index in [4.69, 9.17) is 4.74 Å². The summed E-state index contributed by atoms with van der Waals surface area (Å²) in [5.74, 6) is -1.23. The number of anilines is 2. The Balaban J connectivity index is 1.51. The Hall–Kier alpha value is -4.65. The standard InChI is InChI=1S/C23H19N5O5/c1-26-17-9-5-6-10-18(17)27(2)22(26)16(11-24)19(29)13-33-20(30)12-28-23(32)15-8-4-3-7-14(15)21(31)25-28/h3-10H,12-13H2,1-2H3,(H,25,31). The fourth-order valence-corrected chi connectivity index (χ4v) is 3.81. The van der Waals surface area contributed by atoms with Crippen LogP contribution in [0.4, 0.5) is 11.4 Å². The SMILES string of the molecule is CN1C(=C(C#N)C(=O)COC(=O)Cn2[nH]c(=O)c3ccccc3c2=O)N(C)c2ccccc21. The number of hydrogen-bond donors (Lipinski definition) is 1. The smallest absolute Gasteiger partial charge is 0.328 e. The van der Waals surface area contributed by atoms with Gasteiger partial charge in [-0.25, -0.2) is 4.68 Å². The van der Waals surface area contributed by atoms with Gasteiger partial charge in [-0.2, -0.15) is 5.26 Å². The predicted molar refractivity (Wildman–Crippen MR) is 121 cm³/mol. The van der Waals surface area contributed by atoms with Crippen molar-refractivity contribution in [3.63, 3.8) is 0 Å². The molecule has 0 aliphatic carbocycles. The Kier molecular flexibility index (Phi) is 5.54. The van der Waals surface area contributed by atoms with E-state index >= 15 is 0 Å². The van der Waals surface area contributed by atoms with E-state index in [2.05, 4.69) is 5.10 Å². The van der Waals surface area contributed by atoms with E-state index in [0.29, 0.717) is 5.82 Å². The number of hydrogen-bond acceptors (Lipinski definition) is 8. The number of aromatic amines is 1. The zero-order chi connectivity index (χ0) is 23.7. The molecule has 10 heteroatoms. The number of nitrogens with one attached hydrogen (secondary N) is 1. The minimum Gasteiger partial charge on any atom is -0.456 e. The van der Waals surface area contributed by atoms with Gasteiger partial charge >= 0.3 is 5.97 Å². The van der Waals surface area contributed by atoms with Crippen molar-refractivity contribution in [1.82, 2.24) is 9.78 Å². The molecule has 0 saturated heterocycles.